The standard InChI is InChI=1S/C51H66O2/c1-34(2)9-8-10-37(5)46-27-28-47-45-31-40-32-51(33-50(40,7)48(45)29-30-49(46,47)6,38-15-23-43(24-16-38)52-41-19-11-35(3)12-20-41)39-17-25-44(26-18-39)53-42-21-13-36(4)14-22-42/h11-13,15-26,34,36-37,40,45-48H,8-10,14,27-33H2,1-7H3. The lowest BCUT2D eigenvalue weighted by molar-refractivity contribution is -0.0189. The van der Waals surface area contributed by atoms with Gasteiger partial charge in [-0.3, -0.25) is 0 Å². The zero-order valence-corrected chi connectivity index (χ0v) is 33.9. The van der Waals surface area contributed by atoms with Gasteiger partial charge in [-0.15, -0.1) is 0 Å². The van der Waals surface area contributed by atoms with E-state index in [9.17, 15) is 0 Å². The Balaban J connectivity index is 1.06. The van der Waals surface area contributed by atoms with Crippen molar-refractivity contribution in [1.29, 1.82) is 0 Å². The summed E-state index contributed by atoms with van der Waals surface area (Å²) in [5, 5.41) is 0. The van der Waals surface area contributed by atoms with Crippen LogP contribution >= 0.6 is 0 Å². The number of hydrogen-bond donors (Lipinski definition) is 0. The first-order valence-electron chi connectivity index (χ1n) is 21.5. The van der Waals surface area contributed by atoms with Gasteiger partial charge in [0.2, 0.25) is 0 Å². The summed E-state index contributed by atoms with van der Waals surface area (Å²) in [5.41, 5.74) is 5.01. The van der Waals surface area contributed by atoms with Crippen molar-refractivity contribution in [2.45, 2.75) is 125 Å². The number of aryl methyl sites for hydroxylation is 1. The van der Waals surface area contributed by atoms with Gasteiger partial charge in [0.25, 0.3) is 0 Å². The van der Waals surface area contributed by atoms with Crippen LogP contribution in [0.4, 0.5) is 0 Å². The molecule has 2 heteroatoms. The van der Waals surface area contributed by atoms with Crippen molar-refractivity contribution in [3.8, 4) is 17.2 Å². The smallest absolute Gasteiger partial charge is 0.127 e. The highest BCUT2D eigenvalue weighted by atomic mass is 16.5. The van der Waals surface area contributed by atoms with Crippen molar-refractivity contribution < 1.29 is 9.47 Å². The van der Waals surface area contributed by atoms with Crippen molar-refractivity contribution in [3.63, 3.8) is 0 Å². The van der Waals surface area contributed by atoms with Crippen molar-refractivity contribution in [2.75, 3.05) is 0 Å². The highest BCUT2D eigenvalue weighted by Gasteiger charge is 2.66. The predicted molar refractivity (Wildman–Crippen MR) is 220 cm³/mol. The average molecular weight is 711 g/mol. The van der Waals surface area contributed by atoms with Gasteiger partial charge in [0.15, 0.2) is 0 Å². The molecule has 3 aromatic carbocycles. The summed E-state index contributed by atoms with van der Waals surface area (Å²) in [4.78, 5) is 0. The zero-order chi connectivity index (χ0) is 37.0. The summed E-state index contributed by atoms with van der Waals surface area (Å²) in [6.07, 6.45) is 21.6. The fourth-order valence-electron chi connectivity index (χ4n) is 13.0. The summed E-state index contributed by atoms with van der Waals surface area (Å²) in [6, 6.07) is 26.8. The summed E-state index contributed by atoms with van der Waals surface area (Å²) in [7, 11) is 0. The number of hydrogen-bond acceptors (Lipinski definition) is 2. The van der Waals surface area contributed by atoms with Gasteiger partial charge >= 0.3 is 0 Å². The van der Waals surface area contributed by atoms with Crippen LogP contribution in [-0.4, -0.2) is 0 Å². The minimum atomic E-state index is -0.0192. The Morgan fingerprint density at radius 3 is 1.98 bits per heavy atom. The molecule has 10 unspecified atom stereocenters. The highest BCUT2D eigenvalue weighted by Crippen LogP contribution is 2.74. The minimum Gasteiger partial charge on any atom is -0.458 e. The first-order valence-corrected chi connectivity index (χ1v) is 21.5. The molecule has 0 spiro atoms. The third-order valence-electron chi connectivity index (χ3n) is 15.8. The first kappa shape index (κ1) is 36.7. The number of ether oxygens (including phenoxy) is 2. The monoisotopic (exact) mass is 711 g/mol. The second-order valence-corrected chi connectivity index (χ2v) is 19.6. The van der Waals surface area contributed by atoms with E-state index in [2.05, 4.69) is 139 Å². The molecule has 0 radical (unpaired) electrons. The van der Waals surface area contributed by atoms with E-state index in [0.29, 0.717) is 16.7 Å². The zero-order valence-electron chi connectivity index (χ0n) is 33.9. The highest BCUT2D eigenvalue weighted by molar-refractivity contribution is 5.47. The molecule has 0 aromatic heterocycles. The summed E-state index contributed by atoms with van der Waals surface area (Å²) in [6.45, 7) is 17.2. The van der Waals surface area contributed by atoms with Gasteiger partial charge in [-0.25, -0.2) is 0 Å². The van der Waals surface area contributed by atoms with Gasteiger partial charge in [0.1, 0.15) is 23.0 Å². The van der Waals surface area contributed by atoms with E-state index in [1.807, 2.05) is 0 Å². The molecule has 0 aliphatic heterocycles. The predicted octanol–water partition coefficient (Wildman–Crippen LogP) is 14.3. The molecule has 0 saturated heterocycles. The quantitative estimate of drug-likeness (QED) is 0.197. The van der Waals surface area contributed by atoms with E-state index >= 15 is 0 Å². The number of fused-ring (bicyclic) bond motifs is 5. The van der Waals surface area contributed by atoms with Gasteiger partial charge in [0, 0.05) is 5.41 Å². The van der Waals surface area contributed by atoms with E-state index in [1.54, 1.807) is 0 Å². The molecule has 2 nitrogen and oxygen atoms in total. The van der Waals surface area contributed by atoms with E-state index in [0.717, 1.165) is 70.9 Å². The largest absolute Gasteiger partial charge is 0.458 e. The molecule has 0 N–H and O–H groups in total. The Labute approximate surface area is 321 Å². The number of allylic oxidation sites excluding steroid dienone is 3. The molecule has 10 atom stereocenters. The van der Waals surface area contributed by atoms with Crippen molar-refractivity contribution in [2.24, 2.45) is 58.2 Å². The Bertz CT molecular complexity index is 1780. The molecule has 0 amide bonds. The third-order valence-corrected chi connectivity index (χ3v) is 15.8. The van der Waals surface area contributed by atoms with Crippen LogP contribution in [0, 0.1) is 65.1 Å². The maximum Gasteiger partial charge on any atom is 0.127 e. The first-order chi connectivity index (χ1) is 25.5. The third kappa shape index (κ3) is 6.84. The van der Waals surface area contributed by atoms with Crippen LogP contribution < -0.4 is 9.47 Å². The molecule has 4 saturated carbocycles. The van der Waals surface area contributed by atoms with Crippen molar-refractivity contribution >= 4 is 0 Å². The summed E-state index contributed by atoms with van der Waals surface area (Å²) in [5.74, 6) is 10.3. The van der Waals surface area contributed by atoms with Crippen molar-refractivity contribution in [3.05, 3.63) is 113 Å². The van der Waals surface area contributed by atoms with Gasteiger partial charge in [-0.1, -0.05) is 109 Å². The topological polar surface area (TPSA) is 18.5 Å². The maximum absolute atomic E-state index is 6.37. The molecular formula is C51H66O2. The lowest BCUT2D eigenvalue weighted by atomic mass is 9.54. The molecule has 4 fully saturated rings. The Morgan fingerprint density at radius 1 is 0.736 bits per heavy atom. The van der Waals surface area contributed by atoms with Crippen molar-refractivity contribution in [1.82, 2.24) is 0 Å². The van der Waals surface area contributed by atoms with Crippen LogP contribution in [-0.2, 0) is 5.41 Å². The molecule has 3 aromatic rings. The SMILES string of the molecule is Cc1ccc(Oc2ccc(C3(c4ccc(OC5=CCC(C)C=C5)cc4)CC4CC5C(CCC6(C)C(C(C)CCCC(C)C)CCC56)C4(C)C3)cc2)cc1. The van der Waals surface area contributed by atoms with Crippen LogP contribution in [0.2, 0.25) is 0 Å². The van der Waals surface area contributed by atoms with Crippen LogP contribution in [0.25, 0.3) is 0 Å². The molecule has 5 aliphatic carbocycles. The molecule has 0 bridgehead atoms. The van der Waals surface area contributed by atoms with E-state index in [-0.39, 0.29) is 5.41 Å². The Kier molecular flexibility index (Phi) is 9.99. The van der Waals surface area contributed by atoms with Crippen LogP contribution in [0.15, 0.2) is 96.8 Å². The van der Waals surface area contributed by atoms with Crippen LogP contribution in [0.1, 0.15) is 129 Å². The molecule has 0 heterocycles. The second kappa shape index (κ2) is 14.4. The van der Waals surface area contributed by atoms with Gasteiger partial charge in [0.05, 0.1) is 0 Å². The van der Waals surface area contributed by atoms with Gasteiger partial charge < -0.3 is 9.47 Å². The fourth-order valence-corrected chi connectivity index (χ4v) is 13.0. The Hall–Kier alpha value is -3.26. The molecule has 8 rings (SSSR count). The number of benzene rings is 3. The van der Waals surface area contributed by atoms with Gasteiger partial charge in [-0.05, 0) is 176 Å². The van der Waals surface area contributed by atoms with E-state index in [4.69, 9.17) is 9.47 Å². The molecule has 5 aliphatic rings. The summed E-state index contributed by atoms with van der Waals surface area (Å²) >= 11 is 0. The normalized spacial score (nSPS) is 35.1. The molecule has 53 heavy (non-hydrogen) atoms. The van der Waals surface area contributed by atoms with Crippen LogP contribution in [0.5, 0.6) is 17.2 Å². The lowest BCUT2D eigenvalue weighted by Gasteiger charge is -2.51. The van der Waals surface area contributed by atoms with Gasteiger partial charge in [-0.2, -0.15) is 0 Å². The second-order valence-electron chi connectivity index (χ2n) is 19.6. The average Bonchev–Trinajstić information content (AvgIpc) is 3.74. The van der Waals surface area contributed by atoms with E-state index < -0.39 is 0 Å². The van der Waals surface area contributed by atoms with Crippen LogP contribution in [0.3, 0.4) is 0 Å². The molecular weight excluding hydrogens is 645 g/mol. The van der Waals surface area contributed by atoms with E-state index in [1.165, 1.54) is 80.9 Å². The number of rotatable bonds is 11. The maximum atomic E-state index is 6.37. The minimum absolute atomic E-state index is 0.0192. The Morgan fingerprint density at radius 2 is 1.36 bits per heavy atom. The summed E-state index contributed by atoms with van der Waals surface area (Å²) < 4.78 is 12.7. The fraction of sp³-hybridized carbons (Fsp3) is 0.569. The lowest BCUT2D eigenvalue weighted by Crippen LogP contribution is -2.44. The molecule has 282 valence electrons.